The van der Waals surface area contributed by atoms with Gasteiger partial charge in [-0.15, -0.1) is 0 Å². The molecule has 0 radical (unpaired) electrons. The molecule has 0 aromatic heterocycles. The maximum atomic E-state index is 5.73. The van der Waals surface area contributed by atoms with E-state index >= 15 is 0 Å². The number of halogens is 1. The van der Waals surface area contributed by atoms with Crippen LogP contribution in [-0.4, -0.2) is 0 Å². The van der Waals surface area contributed by atoms with E-state index in [4.69, 9.17) is 17.3 Å². The largest absolute Gasteiger partial charge is 0.401 e. The number of hydrogen-bond donors (Lipinski definition) is 1. The fourth-order valence-electron chi connectivity index (χ4n) is 0.834. The molecule has 0 saturated carbocycles. The van der Waals surface area contributed by atoms with Gasteiger partial charge in [0.15, 0.2) is 0 Å². The zero-order valence-corrected chi connectivity index (χ0v) is 6.15. The third-order valence-corrected chi connectivity index (χ3v) is 1.90. The van der Waals surface area contributed by atoms with Crippen molar-refractivity contribution in [1.29, 1.82) is 0 Å². The van der Waals surface area contributed by atoms with Crippen LogP contribution in [0.5, 0.6) is 0 Å². The fraction of sp³-hybridized carbons (Fsp3) is 0.429. The smallest absolute Gasteiger partial charge is 0.0592 e. The molecule has 0 amide bonds. The number of hydrogen-bond acceptors (Lipinski definition) is 1. The van der Waals surface area contributed by atoms with Crippen molar-refractivity contribution in [3.63, 3.8) is 0 Å². The molecule has 0 saturated heterocycles. The maximum Gasteiger partial charge on any atom is 0.0592 e. The monoisotopic (exact) mass is 143 g/mol. The summed E-state index contributed by atoms with van der Waals surface area (Å²) in [5.41, 5.74) is 6.44. The van der Waals surface area contributed by atoms with Crippen molar-refractivity contribution in [2.75, 3.05) is 0 Å². The van der Waals surface area contributed by atoms with Gasteiger partial charge < -0.3 is 5.73 Å². The Bertz CT molecular complexity index is 170. The lowest BCUT2D eigenvalue weighted by atomic mass is 10.00. The SMILES string of the molecule is CC1CC=CC(Cl)=C1N. The Morgan fingerprint density at radius 2 is 2.44 bits per heavy atom. The van der Waals surface area contributed by atoms with E-state index in [2.05, 4.69) is 6.92 Å². The molecule has 0 heterocycles. The van der Waals surface area contributed by atoms with Gasteiger partial charge in [0, 0.05) is 11.6 Å². The Hall–Kier alpha value is -0.430. The Kier molecular flexibility index (Phi) is 1.81. The summed E-state index contributed by atoms with van der Waals surface area (Å²) < 4.78 is 0. The van der Waals surface area contributed by atoms with E-state index in [1.165, 1.54) is 0 Å². The summed E-state index contributed by atoms with van der Waals surface area (Å²) in [5.74, 6) is 0.419. The van der Waals surface area contributed by atoms with E-state index in [1.807, 2.05) is 12.2 Å². The summed E-state index contributed by atoms with van der Waals surface area (Å²) in [6, 6.07) is 0. The first-order valence-corrected chi connectivity index (χ1v) is 3.41. The van der Waals surface area contributed by atoms with Crippen LogP contribution in [0.15, 0.2) is 22.9 Å². The second-order valence-electron chi connectivity index (χ2n) is 2.34. The third kappa shape index (κ3) is 1.28. The van der Waals surface area contributed by atoms with E-state index in [0.29, 0.717) is 11.0 Å². The lowest BCUT2D eigenvalue weighted by Gasteiger charge is -2.13. The third-order valence-electron chi connectivity index (χ3n) is 1.56. The average Bonchev–Trinajstić information content (AvgIpc) is 1.83. The average molecular weight is 144 g/mol. The van der Waals surface area contributed by atoms with Crippen LogP contribution in [0.3, 0.4) is 0 Å². The topological polar surface area (TPSA) is 26.0 Å². The van der Waals surface area contributed by atoms with Gasteiger partial charge in [0.2, 0.25) is 0 Å². The molecule has 0 spiro atoms. The van der Waals surface area contributed by atoms with Crippen LogP contribution < -0.4 is 5.73 Å². The van der Waals surface area contributed by atoms with Gasteiger partial charge in [-0.2, -0.15) is 0 Å². The van der Waals surface area contributed by atoms with Crippen LogP contribution in [0.25, 0.3) is 0 Å². The van der Waals surface area contributed by atoms with Gasteiger partial charge in [0.25, 0.3) is 0 Å². The summed E-state index contributed by atoms with van der Waals surface area (Å²) in [7, 11) is 0. The fourth-order valence-corrected chi connectivity index (χ4v) is 1.11. The molecule has 1 rings (SSSR count). The van der Waals surface area contributed by atoms with Crippen LogP contribution in [0.1, 0.15) is 13.3 Å². The number of allylic oxidation sites excluding steroid dienone is 4. The van der Waals surface area contributed by atoms with E-state index in [-0.39, 0.29) is 0 Å². The van der Waals surface area contributed by atoms with Crippen LogP contribution in [0.4, 0.5) is 0 Å². The van der Waals surface area contributed by atoms with Crippen LogP contribution in [0, 0.1) is 5.92 Å². The standard InChI is InChI=1S/C7H10ClN/c1-5-3-2-4-6(8)7(5)9/h2,4-5H,3,9H2,1H3. The normalized spacial score (nSPS) is 27.1. The Morgan fingerprint density at radius 3 is 2.89 bits per heavy atom. The van der Waals surface area contributed by atoms with Crippen molar-refractivity contribution >= 4 is 11.6 Å². The van der Waals surface area contributed by atoms with E-state index in [0.717, 1.165) is 12.1 Å². The van der Waals surface area contributed by atoms with E-state index in [1.54, 1.807) is 0 Å². The lowest BCUT2D eigenvalue weighted by Crippen LogP contribution is -2.11. The van der Waals surface area contributed by atoms with Crippen LogP contribution in [-0.2, 0) is 0 Å². The first kappa shape index (κ1) is 6.69. The van der Waals surface area contributed by atoms with Gasteiger partial charge in [0.05, 0.1) is 5.03 Å². The van der Waals surface area contributed by atoms with Gasteiger partial charge in [-0.05, 0) is 12.5 Å². The van der Waals surface area contributed by atoms with Gasteiger partial charge in [-0.1, -0.05) is 24.6 Å². The molecule has 0 aromatic rings. The van der Waals surface area contributed by atoms with Crippen molar-refractivity contribution in [1.82, 2.24) is 0 Å². The first-order chi connectivity index (χ1) is 4.22. The number of rotatable bonds is 0. The lowest BCUT2D eigenvalue weighted by molar-refractivity contribution is 0.675. The minimum absolute atomic E-state index is 0.419. The van der Waals surface area contributed by atoms with E-state index in [9.17, 15) is 0 Å². The molecular formula is C7H10ClN. The van der Waals surface area contributed by atoms with Crippen molar-refractivity contribution < 1.29 is 0 Å². The minimum Gasteiger partial charge on any atom is -0.401 e. The highest BCUT2D eigenvalue weighted by Crippen LogP contribution is 2.22. The molecule has 2 N–H and O–H groups in total. The van der Waals surface area contributed by atoms with Crippen molar-refractivity contribution in [3.8, 4) is 0 Å². The van der Waals surface area contributed by atoms with Crippen molar-refractivity contribution in [2.24, 2.45) is 11.7 Å². The highest BCUT2D eigenvalue weighted by Gasteiger charge is 2.09. The quantitative estimate of drug-likeness (QED) is 0.552. The van der Waals surface area contributed by atoms with Crippen LogP contribution >= 0.6 is 11.6 Å². The minimum atomic E-state index is 0.419. The molecular weight excluding hydrogens is 134 g/mol. The van der Waals surface area contributed by atoms with Crippen molar-refractivity contribution in [3.05, 3.63) is 22.9 Å². The molecule has 1 aliphatic rings. The Balaban J connectivity index is 2.83. The Labute approximate surface area is 60.2 Å². The summed E-state index contributed by atoms with van der Waals surface area (Å²) >= 11 is 5.73. The highest BCUT2D eigenvalue weighted by molar-refractivity contribution is 6.31. The Morgan fingerprint density at radius 1 is 1.78 bits per heavy atom. The highest BCUT2D eigenvalue weighted by atomic mass is 35.5. The molecule has 0 aliphatic heterocycles. The van der Waals surface area contributed by atoms with Gasteiger partial charge >= 0.3 is 0 Å². The molecule has 1 aliphatic carbocycles. The van der Waals surface area contributed by atoms with Crippen molar-refractivity contribution in [2.45, 2.75) is 13.3 Å². The van der Waals surface area contributed by atoms with Gasteiger partial charge in [-0.3, -0.25) is 0 Å². The molecule has 1 atom stereocenters. The molecule has 0 bridgehead atoms. The molecule has 2 heteroatoms. The summed E-state index contributed by atoms with van der Waals surface area (Å²) in [5, 5.41) is 0.703. The molecule has 50 valence electrons. The van der Waals surface area contributed by atoms with E-state index < -0.39 is 0 Å². The van der Waals surface area contributed by atoms with Gasteiger partial charge in [0.1, 0.15) is 0 Å². The van der Waals surface area contributed by atoms with Gasteiger partial charge in [-0.25, -0.2) is 0 Å². The summed E-state index contributed by atoms with van der Waals surface area (Å²) in [4.78, 5) is 0. The first-order valence-electron chi connectivity index (χ1n) is 3.03. The zero-order chi connectivity index (χ0) is 6.85. The summed E-state index contributed by atoms with van der Waals surface area (Å²) in [6.45, 7) is 2.07. The molecule has 0 aromatic carbocycles. The maximum absolute atomic E-state index is 5.73. The molecule has 1 nitrogen and oxygen atoms in total. The number of nitrogens with two attached hydrogens (primary N) is 1. The predicted octanol–water partition coefficient (Wildman–Crippen LogP) is 1.99. The molecule has 9 heavy (non-hydrogen) atoms. The zero-order valence-electron chi connectivity index (χ0n) is 5.39. The second-order valence-corrected chi connectivity index (χ2v) is 2.75. The second kappa shape index (κ2) is 2.44. The van der Waals surface area contributed by atoms with Crippen LogP contribution in [0.2, 0.25) is 0 Å². The predicted molar refractivity (Wildman–Crippen MR) is 40.0 cm³/mol. The molecule has 1 unspecified atom stereocenters. The molecule has 0 fully saturated rings. The summed E-state index contributed by atoms with van der Waals surface area (Å²) in [6.07, 6.45) is 4.92.